The van der Waals surface area contributed by atoms with Crippen LogP contribution in [0.3, 0.4) is 0 Å². The van der Waals surface area contributed by atoms with E-state index in [-0.39, 0.29) is 0 Å². The normalized spacial score (nSPS) is 11.3. The first-order valence-electron chi connectivity index (χ1n) is 7.58. The van der Waals surface area contributed by atoms with Crippen molar-refractivity contribution in [2.45, 2.75) is 27.3 Å². The second-order valence-electron chi connectivity index (χ2n) is 5.93. The SMILES string of the molecule is CCNCc1cc(N(CCN(C)C)CC(C)C)ccn1. The van der Waals surface area contributed by atoms with E-state index in [1.54, 1.807) is 0 Å². The lowest BCUT2D eigenvalue weighted by Gasteiger charge is -2.28. The molecule has 1 N–H and O–H groups in total. The molecule has 0 saturated carbocycles. The number of likely N-dealkylation sites (N-methyl/N-ethyl adjacent to an activating group) is 1. The van der Waals surface area contributed by atoms with E-state index in [9.17, 15) is 0 Å². The van der Waals surface area contributed by atoms with Crippen molar-refractivity contribution < 1.29 is 0 Å². The lowest BCUT2D eigenvalue weighted by molar-refractivity contribution is 0.409. The Bertz CT molecular complexity index is 376. The van der Waals surface area contributed by atoms with Crippen molar-refractivity contribution in [3.05, 3.63) is 24.0 Å². The fourth-order valence-corrected chi connectivity index (χ4v) is 2.10. The van der Waals surface area contributed by atoms with Crippen molar-refractivity contribution in [3.63, 3.8) is 0 Å². The summed E-state index contributed by atoms with van der Waals surface area (Å²) in [5, 5.41) is 3.33. The van der Waals surface area contributed by atoms with Crippen molar-refractivity contribution in [2.24, 2.45) is 5.92 Å². The lowest BCUT2D eigenvalue weighted by atomic mass is 10.2. The smallest absolute Gasteiger partial charge is 0.0562 e. The van der Waals surface area contributed by atoms with Gasteiger partial charge in [0.2, 0.25) is 0 Å². The van der Waals surface area contributed by atoms with Crippen molar-refractivity contribution in [1.29, 1.82) is 0 Å². The van der Waals surface area contributed by atoms with Crippen LogP contribution >= 0.6 is 0 Å². The summed E-state index contributed by atoms with van der Waals surface area (Å²) in [6.07, 6.45) is 1.92. The quantitative estimate of drug-likeness (QED) is 0.750. The summed E-state index contributed by atoms with van der Waals surface area (Å²) in [5.41, 5.74) is 2.39. The first-order valence-corrected chi connectivity index (χ1v) is 7.58. The van der Waals surface area contributed by atoms with E-state index >= 15 is 0 Å². The molecule has 0 aromatic carbocycles. The largest absolute Gasteiger partial charge is 0.370 e. The number of hydrogen-bond acceptors (Lipinski definition) is 4. The van der Waals surface area contributed by atoms with Gasteiger partial charge in [0.1, 0.15) is 0 Å². The molecule has 0 spiro atoms. The van der Waals surface area contributed by atoms with E-state index in [1.165, 1.54) is 5.69 Å². The van der Waals surface area contributed by atoms with Gasteiger partial charge in [0.15, 0.2) is 0 Å². The molecular weight excluding hydrogens is 248 g/mol. The van der Waals surface area contributed by atoms with Crippen LogP contribution in [0, 0.1) is 5.92 Å². The van der Waals surface area contributed by atoms with Gasteiger partial charge in [-0.3, -0.25) is 4.98 Å². The highest BCUT2D eigenvalue weighted by molar-refractivity contribution is 5.46. The maximum absolute atomic E-state index is 4.43. The van der Waals surface area contributed by atoms with Gasteiger partial charge in [0.25, 0.3) is 0 Å². The Morgan fingerprint density at radius 2 is 2.00 bits per heavy atom. The molecule has 0 radical (unpaired) electrons. The summed E-state index contributed by atoms with van der Waals surface area (Å²) in [6, 6.07) is 4.33. The number of nitrogens with zero attached hydrogens (tertiary/aromatic N) is 3. The molecule has 1 rings (SSSR count). The summed E-state index contributed by atoms with van der Waals surface area (Å²) in [6.45, 7) is 11.7. The molecule has 1 aromatic rings. The van der Waals surface area contributed by atoms with E-state index in [0.29, 0.717) is 5.92 Å². The molecule has 0 fully saturated rings. The Balaban J connectivity index is 2.77. The van der Waals surface area contributed by atoms with Crippen molar-refractivity contribution >= 4 is 5.69 Å². The third kappa shape index (κ3) is 6.35. The number of aromatic nitrogens is 1. The molecule has 0 amide bonds. The van der Waals surface area contributed by atoms with Crippen LogP contribution in [0.2, 0.25) is 0 Å². The number of anilines is 1. The lowest BCUT2D eigenvalue weighted by Crippen LogP contribution is -2.34. The van der Waals surface area contributed by atoms with Gasteiger partial charge in [-0.25, -0.2) is 0 Å². The summed E-state index contributed by atoms with van der Waals surface area (Å²) in [7, 11) is 4.24. The minimum absolute atomic E-state index is 0.655. The summed E-state index contributed by atoms with van der Waals surface area (Å²) < 4.78 is 0. The topological polar surface area (TPSA) is 31.4 Å². The van der Waals surface area contributed by atoms with Crippen LogP contribution in [0.5, 0.6) is 0 Å². The van der Waals surface area contributed by atoms with Gasteiger partial charge < -0.3 is 15.1 Å². The summed E-state index contributed by atoms with van der Waals surface area (Å²) >= 11 is 0. The van der Waals surface area contributed by atoms with Crippen LogP contribution in [0.4, 0.5) is 5.69 Å². The number of hydrogen-bond donors (Lipinski definition) is 1. The average Bonchev–Trinajstić information content (AvgIpc) is 2.41. The van der Waals surface area contributed by atoms with Crippen molar-refractivity contribution in [3.8, 4) is 0 Å². The predicted molar refractivity (Wildman–Crippen MR) is 87.2 cm³/mol. The van der Waals surface area contributed by atoms with Crippen molar-refractivity contribution in [1.82, 2.24) is 15.2 Å². The standard InChI is InChI=1S/C16H30N4/c1-6-17-12-15-11-16(7-8-18-15)20(13-14(2)3)10-9-19(4)5/h7-8,11,14,17H,6,9-10,12-13H2,1-5H3. The number of nitrogens with one attached hydrogen (secondary N) is 1. The van der Waals surface area contributed by atoms with Crippen LogP contribution in [-0.4, -0.2) is 50.2 Å². The van der Waals surface area contributed by atoms with Crippen molar-refractivity contribution in [2.75, 3.05) is 45.2 Å². The van der Waals surface area contributed by atoms with Crippen LogP contribution < -0.4 is 10.2 Å². The molecule has 114 valence electrons. The molecule has 0 aliphatic carbocycles. The minimum atomic E-state index is 0.655. The summed E-state index contributed by atoms with van der Waals surface area (Å²) in [5.74, 6) is 0.655. The first-order chi connectivity index (χ1) is 9.52. The van der Waals surface area contributed by atoms with E-state index < -0.39 is 0 Å². The Morgan fingerprint density at radius 3 is 2.60 bits per heavy atom. The molecule has 0 aliphatic rings. The molecule has 0 bridgehead atoms. The molecule has 4 heteroatoms. The van der Waals surface area contributed by atoms with Gasteiger partial charge in [-0.15, -0.1) is 0 Å². The van der Waals surface area contributed by atoms with E-state index in [2.05, 4.69) is 67.1 Å². The molecule has 1 heterocycles. The minimum Gasteiger partial charge on any atom is -0.370 e. The summed E-state index contributed by atoms with van der Waals surface area (Å²) in [4.78, 5) is 9.12. The molecule has 20 heavy (non-hydrogen) atoms. The average molecular weight is 278 g/mol. The zero-order chi connectivity index (χ0) is 15.0. The van der Waals surface area contributed by atoms with Gasteiger partial charge in [-0.05, 0) is 38.7 Å². The highest BCUT2D eigenvalue weighted by Gasteiger charge is 2.10. The molecule has 1 aromatic heterocycles. The predicted octanol–water partition coefficient (Wildman–Crippen LogP) is 2.22. The maximum Gasteiger partial charge on any atom is 0.0562 e. The zero-order valence-electron chi connectivity index (χ0n) is 13.7. The number of pyridine rings is 1. The second-order valence-corrected chi connectivity index (χ2v) is 5.93. The zero-order valence-corrected chi connectivity index (χ0v) is 13.7. The van der Waals surface area contributed by atoms with Gasteiger partial charge in [0.05, 0.1) is 5.69 Å². The fourth-order valence-electron chi connectivity index (χ4n) is 2.10. The Morgan fingerprint density at radius 1 is 1.25 bits per heavy atom. The first kappa shape index (κ1) is 16.9. The third-order valence-corrected chi connectivity index (χ3v) is 3.12. The van der Waals surface area contributed by atoms with Crippen LogP contribution in [0.15, 0.2) is 18.3 Å². The van der Waals surface area contributed by atoms with E-state index in [1.807, 2.05) is 6.20 Å². The second kappa shape index (κ2) is 8.93. The van der Waals surface area contributed by atoms with Gasteiger partial charge in [-0.2, -0.15) is 0 Å². The molecular formula is C16H30N4. The van der Waals surface area contributed by atoms with Crippen LogP contribution in [0.1, 0.15) is 26.5 Å². The number of rotatable bonds is 9. The molecule has 0 unspecified atom stereocenters. The molecule has 0 saturated heterocycles. The highest BCUT2D eigenvalue weighted by Crippen LogP contribution is 2.16. The van der Waals surface area contributed by atoms with Gasteiger partial charge >= 0.3 is 0 Å². The fraction of sp³-hybridized carbons (Fsp3) is 0.688. The Hall–Kier alpha value is -1.13. The maximum atomic E-state index is 4.43. The van der Waals surface area contributed by atoms with E-state index in [4.69, 9.17) is 0 Å². The highest BCUT2D eigenvalue weighted by atomic mass is 15.2. The Labute approximate surface area is 124 Å². The molecule has 0 atom stereocenters. The van der Waals surface area contributed by atoms with Crippen LogP contribution in [-0.2, 0) is 6.54 Å². The monoisotopic (exact) mass is 278 g/mol. The molecule has 4 nitrogen and oxygen atoms in total. The molecule has 0 aliphatic heterocycles. The van der Waals surface area contributed by atoms with E-state index in [0.717, 1.165) is 38.4 Å². The van der Waals surface area contributed by atoms with Gasteiger partial charge in [0, 0.05) is 38.1 Å². The Kier molecular flexibility index (Phi) is 7.55. The van der Waals surface area contributed by atoms with Gasteiger partial charge in [-0.1, -0.05) is 20.8 Å². The van der Waals surface area contributed by atoms with Crippen LogP contribution in [0.25, 0.3) is 0 Å². The third-order valence-electron chi connectivity index (χ3n) is 3.12.